The number of aromatic nitrogens is 1. The number of fused-ring (bicyclic) bond motifs is 1. The van der Waals surface area contributed by atoms with Gasteiger partial charge in [0.05, 0.1) is 5.57 Å². The maximum atomic E-state index is 12.2. The summed E-state index contributed by atoms with van der Waals surface area (Å²) in [4.78, 5) is 26.1. The normalized spacial score (nSPS) is 14.9. The molecule has 0 saturated heterocycles. The van der Waals surface area contributed by atoms with Crippen LogP contribution in [-0.2, 0) is 16.0 Å². The second kappa shape index (κ2) is 6.19. The number of aromatic amines is 1. The zero-order chi connectivity index (χ0) is 16.6. The molecule has 0 spiro atoms. The zero-order valence-corrected chi connectivity index (χ0v) is 14.6. The van der Waals surface area contributed by atoms with E-state index in [1.165, 1.54) is 0 Å². The van der Waals surface area contributed by atoms with Gasteiger partial charge < -0.3 is 15.4 Å². The number of halogens is 1. The molecule has 2 aromatic rings. The van der Waals surface area contributed by atoms with Gasteiger partial charge in [0.2, 0.25) is 0 Å². The van der Waals surface area contributed by atoms with Crippen molar-refractivity contribution in [2.24, 2.45) is 0 Å². The van der Waals surface area contributed by atoms with E-state index in [0.29, 0.717) is 12.0 Å². The fourth-order valence-electron chi connectivity index (χ4n) is 2.65. The van der Waals surface area contributed by atoms with Gasteiger partial charge in [-0.15, -0.1) is 0 Å². The van der Waals surface area contributed by atoms with E-state index in [-0.39, 0.29) is 12.3 Å². The molecule has 0 aliphatic carbocycles. The number of H-pyrrole nitrogens is 1. The standard InChI is InChI=1S/C17H15IN2O3/c1-9-10(2-5-16(21)22)8-19-15(9)7-13-12-6-11(18)3-4-14(12)20-17(13)23/h3-4,6-8,19H,2,5H2,1H3,(H,20,23)(H,21,22). The Morgan fingerprint density at radius 2 is 2.17 bits per heavy atom. The predicted molar refractivity (Wildman–Crippen MR) is 97.1 cm³/mol. The van der Waals surface area contributed by atoms with Gasteiger partial charge >= 0.3 is 5.97 Å². The molecule has 3 N–H and O–H groups in total. The summed E-state index contributed by atoms with van der Waals surface area (Å²) in [5.74, 6) is -0.938. The molecule has 2 heterocycles. The highest BCUT2D eigenvalue weighted by atomic mass is 127. The molecule has 0 atom stereocenters. The van der Waals surface area contributed by atoms with E-state index in [1.807, 2.05) is 37.4 Å². The van der Waals surface area contributed by atoms with Crippen molar-refractivity contribution in [3.8, 4) is 0 Å². The van der Waals surface area contributed by atoms with Crippen LogP contribution >= 0.6 is 22.6 Å². The van der Waals surface area contributed by atoms with Gasteiger partial charge in [-0.2, -0.15) is 0 Å². The Labute approximate surface area is 146 Å². The SMILES string of the molecule is Cc1c(CCC(=O)O)c[nH]c1C=C1C(=O)Nc2ccc(I)cc21. The molecule has 3 rings (SSSR count). The van der Waals surface area contributed by atoms with Gasteiger partial charge in [-0.05, 0) is 71.3 Å². The molecule has 1 aromatic heterocycles. The van der Waals surface area contributed by atoms with Crippen molar-refractivity contribution >= 4 is 51.8 Å². The number of aliphatic carboxylic acids is 1. The molecule has 5 nitrogen and oxygen atoms in total. The molecule has 0 radical (unpaired) electrons. The molecule has 0 unspecified atom stereocenters. The van der Waals surface area contributed by atoms with Crippen LogP contribution in [-0.4, -0.2) is 22.0 Å². The number of amides is 1. The molecule has 118 valence electrons. The topological polar surface area (TPSA) is 82.2 Å². The number of carbonyl (C=O) groups is 2. The van der Waals surface area contributed by atoms with Crippen LogP contribution in [0.3, 0.4) is 0 Å². The van der Waals surface area contributed by atoms with Crippen molar-refractivity contribution in [2.45, 2.75) is 19.8 Å². The van der Waals surface area contributed by atoms with Gasteiger partial charge in [0, 0.05) is 33.1 Å². The Morgan fingerprint density at radius 1 is 1.39 bits per heavy atom. The molecule has 6 heteroatoms. The lowest BCUT2D eigenvalue weighted by atomic mass is 10.0. The third-order valence-electron chi connectivity index (χ3n) is 3.95. The predicted octanol–water partition coefficient (Wildman–Crippen LogP) is 3.44. The van der Waals surface area contributed by atoms with Gasteiger partial charge in [-0.3, -0.25) is 9.59 Å². The number of benzene rings is 1. The number of nitrogens with one attached hydrogen (secondary N) is 2. The third-order valence-corrected chi connectivity index (χ3v) is 4.62. The number of aryl methyl sites for hydroxylation is 1. The first-order chi connectivity index (χ1) is 11.0. The first-order valence-corrected chi connectivity index (χ1v) is 8.25. The summed E-state index contributed by atoms with van der Waals surface area (Å²) in [5.41, 5.74) is 5.10. The second-order valence-electron chi connectivity index (χ2n) is 5.45. The monoisotopic (exact) mass is 422 g/mol. The van der Waals surface area contributed by atoms with E-state index in [0.717, 1.165) is 31.6 Å². The van der Waals surface area contributed by atoms with Crippen LogP contribution in [0.1, 0.15) is 28.8 Å². The fourth-order valence-corrected chi connectivity index (χ4v) is 3.14. The second-order valence-corrected chi connectivity index (χ2v) is 6.69. The lowest BCUT2D eigenvalue weighted by Gasteiger charge is -2.01. The molecule has 1 aromatic carbocycles. The first kappa shape index (κ1) is 15.8. The van der Waals surface area contributed by atoms with Gasteiger partial charge in [-0.25, -0.2) is 0 Å². The van der Waals surface area contributed by atoms with Gasteiger partial charge in [0.1, 0.15) is 0 Å². The van der Waals surface area contributed by atoms with Crippen LogP contribution in [0.2, 0.25) is 0 Å². The van der Waals surface area contributed by atoms with Gasteiger partial charge in [-0.1, -0.05) is 0 Å². The molecule has 0 saturated carbocycles. The van der Waals surface area contributed by atoms with E-state index < -0.39 is 5.97 Å². The molecule has 0 bridgehead atoms. The van der Waals surface area contributed by atoms with E-state index in [9.17, 15) is 9.59 Å². The molecule has 0 fully saturated rings. The number of hydrogen-bond donors (Lipinski definition) is 3. The molecular formula is C17H15IN2O3. The van der Waals surface area contributed by atoms with Crippen LogP contribution in [0.15, 0.2) is 24.4 Å². The minimum absolute atomic E-state index is 0.0935. The minimum Gasteiger partial charge on any atom is -0.481 e. The number of carbonyl (C=O) groups excluding carboxylic acids is 1. The van der Waals surface area contributed by atoms with Crippen molar-refractivity contribution in [3.05, 3.63) is 50.4 Å². The fraction of sp³-hybridized carbons (Fsp3) is 0.176. The Balaban J connectivity index is 1.95. The Morgan fingerprint density at radius 3 is 2.91 bits per heavy atom. The highest BCUT2D eigenvalue weighted by molar-refractivity contribution is 14.1. The molecule has 1 aliphatic rings. The highest BCUT2D eigenvalue weighted by Crippen LogP contribution is 2.34. The molecule has 23 heavy (non-hydrogen) atoms. The average molecular weight is 422 g/mol. The lowest BCUT2D eigenvalue weighted by molar-refractivity contribution is -0.137. The third kappa shape index (κ3) is 3.17. The van der Waals surface area contributed by atoms with Crippen LogP contribution in [0.4, 0.5) is 5.69 Å². The minimum atomic E-state index is -0.816. The van der Waals surface area contributed by atoms with Crippen molar-refractivity contribution in [2.75, 3.05) is 5.32 Å². The largest absolute Gasteiger partial charge is 0.481 e. The van der Waals surface area contributed by atoms with Crippen molar-refractivity contribution in [1.82, 2.24) is 4.98 Å². The Bertz CT molecular complexity index is 836. The number of anilines is 1. The molecule has 1 amide bonds. The maximum absolute atomic E-state index is 12.2. The van der Waals surface area contributed by atoms with E-state index in [1.54, 1.807) is 0 Å². The number of carboxylic acid groups (broad SMARTS) is 1. The summed E-state index contributed by atoms with van der Waals surface area (Å²) in [6, 6.07) is 5.82. The van der Waals surface area contributed by atoms with Crippen molar-refractivity contribution in [3.63, 3.8) is 0 Å². The first-order valence-electron chi connectivity index (χ1n) is 7.17. The Kier molecular flexibility index (Phi) is 4.25. The summed E-state index contributed by atoms with van der Waals surface area (Å²) in [6.07, 6.45) is 4.21. The maximum Gasteiger partial charge on any atom is 0.303 e. The summed E-state index contributed by atoms with van der Waals surface area (Å²) in [5, 5.41) is 11.7. The zero-order valence-electron chi connectivity index (χ0n) is 12.4. The number of rotatable bonds is 4. The summed E-state index contributed by atoms with van der Waals surface area (Å²) >= 11 is 2.22. The molecule has 1 aliphatic heterocycles. The van der Waals surface area contributed by atoms with Crippen LogP contribution in [0.5, 0.6) is 0 Å². The van der Waals surface area contributed by atoms with E-state index in [2.05, 4.69) is 32.9 Å². The molecular weight excluding hydrogens is 407 g/mol. The number of hydrogen-bond acceptors (Lipinski definition) is 2. The van der Waals surface area contributed by atoms with E-state index in [4.69, 9.17) is 5.11 Å². The summed E-state index contributed by atoms with van der Waals surface area (Å²) in [7, 11) is 0. The van der Waals surface area contributed by atoms with Crippen molar-refractivity contribution in [1.29, 1.82) is 0 Å². The van der Waals surface area contributed by atoms with E-state index >= 15 is 0 Å². The quantitative estimate of drug-likeness (QED) is 0.522. The van der Waals surface area contributed by atoms with Crippen LogP contribution in [0, 0.1) is 10.5 Å². The van der Waals surface area contributed by atoms with Crippen LogP contribution in [0.25, 0.3) is 11.6 Å². The summed E-state index contributed by atoms with van der Waals surface area (Å²) in [6.45, 7) is 1.93. The number of carboxylic acids is 1. The van der Waals surface area contributed by atoms with Crippen LogP contribution < -0.4 is 5.32 Å². The average Bonchev–Trinajstić information content (AvgIpc) is 2.99. The van der Waals surface area contributed by atoms with Gasteiger partial charge in [0.25, 0.3) is 5.91 Å². The summed E-state index contributed by atoms with van der Waals surface area (Å²) < 4.78 is 1.06. The lowest BCUT2D eigenvalue weighted by Crippen LogP contribution is -2.03. The van der Waals surface area contributed by atoms with Gasteiger partial charge in [0.15, 0.2) is 0 Å². The Hall–Kier alpha value is -2.09. The van der Waals surface area contributed by atoms with Crippen molar-refractivity contribution < 1.29 is 14.7 Å². The highest BCUT2D eigenvalue weighted by Gasteiger charge is 2.24. The smallest absolute Gasteiger partial charge is 0.303 e.